The van der Waals surface area contributed by atoms with E-state index < -0.39 is 0 Å². The first-order valence-corrected chi connectivity index (χ1v) is 4.92. The Kier molecular flexibility index (Phi) is 1.52. The lowest BCUT2D eigenvalue weighted by Crippen LogP contribution is -2.19. The summed E-state index contributed by atoms with van der Waals surface area (Å²) in [6.45, 7) is 0. The number of hydrogen-bond donors (Lipinski definition) is 2. The molecule has 0 saturated heterocycles. The number of amides is 1. The summed E-state index contributed by atoms with van der Waals surface area (Å²) in [5.41, 5.74) is 1.55. The van der Waals surface area contributed by atoms with Gasteiger partial charge in [0.15, 0.2) is 0 Å². The van der Waals surface area contributed by atoms with Gasteiger partial charge in [0.05, 0.1) is 12.8 Å². The molecule has 2 N–H and O–H groups in total. The summed E-state index contributed by atoms with van der Waals surface area (Å²) in [6.07, 6.45) is 0.880. The van der Waals surface area contributed by atoms with Crippen molar-refractivity contribution in [2.75, 3.05) is 12.4 Å². The smallest absolute Gasteiger partial charge is 0.228 e. The van der Waals surface area contributed by atoms with Gasteiger partial charge >= 0.3 is 0 Å². The normalized spacial score (nSPS) is 26.3. The van der Waals surface area contributed by atoms with E-state index >= 15 is 0 Å². The first-order valence-electron chi connectivity index (χ1n) is 4.92. The standard InChI is InChI=1S/C11H11NO3/c1-15-5-2-7-6-4-8(6)11(14)12-10(7)9(13)3-5/h2-3,6,8,13H,4H2,1H3,(H,12,14). The molecule has 1 aromatic rings. The maximum atomic E-state index is 11.5. The van der Waals surface area contributed by atoms with Crippen LogP contribution in [0.2, 0.25) is 0 Å². The second-order valence-corrected chi connectivity index (χ2v) is 4.05. The second-order valence-electron chi connectivity index (χ2n) is 4.05. The number of fused-ring (bicyclic) bond motifs is 3. The van der Waals surface area contributed by atoms with E-state index in [9.17, 15) is 9.90 Å². The van der Waals surface area contributed by atoms with Crippen molar-refractivity contribution in [1.29, 1.82) is 0 Å². The number of phenolic OH excluding ortho intramolecular Hbond substituents is 1. The van der Waals surface area contributed by atoms with Gasteiger partial charge < -0.3 is 15.2 Å². The van der Waals surface area contributed by atoms with Crippen LogP contribution >= 0.6 is 0 Å². The minimum Gasteiger partial charge on any atom is -0.506 e. The molecule has 0 bridgehead atoms. The van der Waals surface area contributed by atoms with Crippen LogP contribution in [0.15, 0.2) is 12.1 Å². The topological polar surface area (TPSA) is 58.6 Å². The van der Waals surface area contributed by atoms with Crippen molar-refractivity contribution in [3.8, 4) is 11.5 Å². The first kappa shape index (κ1) is 8.59. The van der Waals surface area contributed by atoms with Gasteiger partial charge in [-0.1, -0.05) is 0 Å². The van der Waals surface area contributed by atoms with Crippen LogP contribution in [0.1, 0.15) is 17.9 Å². The molecule has 1 aliphatic carbocycles. The molecule has 2 unspecified atom stereocenters. The molecule has 0 spiro atoms. The minimum absolute atomic E-state index is 0.0213. The molecule has 1 amide bonds. The zero-order chi connectivity index (χ0) is 10.6. The van der Waals surface area contributed by atoms with Crippen LogP contribution in [0.4, 0.5) is 5.69 Å². The third-order valence-corrected chi connectivity index (χ3v) is 3.13. The number of carbonyl (C=O) groups is 1. The van der Waals surface area contributed by atoms with Crippen LogP contribution in [-0.4, -0.2) is 18.1 Å². The van der Waals surface area contributed by atoms with Crippen LogP contribution in [0, 0.1) is 5.92 Å². The first-order chi connectivity index (χ1) is 7.20. The van der Waals surface area contributed by atoms with Gasteiger partial charge in [0.2, 0.25) is 5.91 Å². The molecule has 1 aromatic carbocycles. The van der Waals surface area contributed by atoms with Gasteiger partial charge in [-0.3, -0.25) is 4.79 Å². The van der Waals surface area contributed by atoms with Crippen molar-refractivity contribution < 1.29 is 14.6 Å². The van der Waals surface area contributed by atoms with Crippen molar-refractivity contribution in [3.05, 3.63) is 17.7 Å². The average Bonchev–Trinajstić information content (AvgIpc) is 3.00. The van der Waals surface area contributed by atoms with Gasteiger partial charge in [0, 0.05) is 12.0 Å². The summed E-state index contributed by atoms with van der Waals surface area (Å²) in [7, 11) is 1.56. The van der Waals surface area contributed by atoms with E-state index in [0.29, 0.717) is 11.4 Å². The van der Waals surface area contributed by atoms with Crippen LogP contribution in [-0.2, 0) is 4.79 Å². The number of ether oxygens (including phenoxy) is 1. The molecule has 2 aliphatic rings. The Bertz CT molecular complexity index is 455. The molecule has 15 heavy (non-hydrogen) atoms. The summed E-state index contributed by atoms with van der Waals surface area (Å²) in [5, 5.41) is 12.5. The Morgan fingerprint density at radius 1 is 1.47 bits per heavy atom. The maximum absolute atomic E-state index is 11.5. The molecule has 4 heteroatoms. The third kappa shape index (κ3) is 1.11. The summed E-state index contributed by atoms with van der Waals surface area (Å²) >= 11 is 0. The van der Waals surface area contributed by atoms with Crippen molar-refractivity contribution >= 4 is 11.6 Å². The highest BCUT2D eigenvalue weighted by Crippen LogP contribution is 2.56. The average molecular weight is 205 g/mol. The molecule has 78 valence electrons. The lowest BCUT2D eigenvalue weighted by atomic mass is 10.0. The van der Waals surface area contributed by atoms with Gasteiger partial charge in [0.1, 0.15) is 11.5 Å². The van der Waals surface area contributed by atoms with E-state index in [-0.39, 0.29) is 23.5 Å². The van der Waals surface area contributed by atoms with Crippen molar-refractivity contribution in [2.45, 2.75) is 12.3 Å². The predicted octanol–water partition coefficient (Wildman–Crippen LogP) is 1.46. The molecule has 4 nitrogen and oxygen atoms in total. The second kappa shape index (κ2) is 2.66. The molecule has 2 atom stereocenters. The Morgan fingerprint density at radius 2 is 2.27 bits per heavy atom. The molecule has 0 radical (unpaired) electrons. The molecule has 1 fully saturated rings. The zero-order valence-electron chi connectivity index (χ0n) is 8.28. The zero-order valence-corrected chi connectivity index (χ0v) is 8.28. The van der Waals surface area contributed by atoms with Crippen molar-refractivity contribution in [1.82, 2.24) is 0 Å². The van der Waals surface area contributed by atoms with Gasteiger partial charge in [-0.25, -0.2) is 0 Å². The van der Waals surface area contributed by atoms with Gasteiger partial charge in [-0.05, 0) is 24.0 Å². The van der Waals surface area contributed by atoms with E-state index in [1.165, 1.54) is 6.07 Å². The predicted molar refractivity (Wildman–Crippen MR) is 54.1 cm³/mol. The number of benzene rings is 1. The summed E-state index contributed by atoms with van der Waals surface area (Å²) in [6, 6.07) is 3.40. The quantitative estimate of drug-likeness (QED) is 0.682. The highest BCUT2D eigenvalue weighted by atomic mass is 16.5. The summed E-state index contributed by atoms with van der Waals surface area (Å²) in [5.74, 6) is 1.11. The number of hydrogen-bond acceptors (Lipinski definition) is 3. The largest absolute Gasteiger partial charge is 0.506 e. The van der Waals surface area contributed by atoms with Crippen LogP contribution in [0.5, 0.6) is 11.5 Å². The Morgan fingerprint density at radius 3 is 3.00 bits per heavy atom. The molecule has 3 rings (SSSR count). The Labute approximate surface area is 86.9 Å². The minimum atomic E-state index is 0.0213. The number of phenols is 1. The molecular weight excluding hydrogens is 194 g/mol. The third-order valence-electron chi connectivity index (χ3n) is 3.13. The SMILES string of the molecule is COc1cc(O)c2c(c1)C1CC1C(=O)N2. The lowest BCUT2D eigenvalue weighted by molar-refractivity contribution is -0.117. The fourth-order valence-electron chi connectivity index (χ4n) is 2.21. The van der Waals surface area contributed by atoms with Gasteiger partial charge in [-0.15, -0.1) is 0 Å². The number of aromatic hydroxyl groups is 1. The number of rotatable bonds is 1. The van der Waals surface area contributed by atoms with E-state index in [4.69, 9.17) is 4.74 Å². The fraction of sp³-hybridized carbons (Fsp3) is 0.364. The number of methoxy groups -OCH3 is 1. The van der Waals surface area contributed by atoms with Crippen molar-refractivity contribution in [3.63, 3.8) is 0 Å². The Hall–Kier alpha value is -1.71. The maximum Gasteiger partial charge on any atom is 0.228 e. The highest BCUT2D eigenvalue weighted by molar-refractivity contribution is 6.00. The molecule has 1 heterocycles. The monoisotopic (exact) mass is 205 g/mol. The lowest BCUT2D eigenvalue weighted by Gasteiger charge is -2.18. The number of nitrogens with one attached hydrogen (secondary N) is 1. The fourth-order valence-corrected chi connectivity index (χ4v) is 2.21. The summed E-state index contributed by atoms with van der Waals surface area (Å²) < 4.78 is 5.08. The van der Waals surface area contributed by atoms with Crippen molar-refractivity contribution in [2.24, 2.45) is 5.92 Å². The van der Waals surface area contributed by atoms with Gasteiger partial charge in [0.25, 0.3) is 0 Å². The molecule has 1 aliphatic heterocycles. The van der Waals surface area contributed by atoms with E-state index in [2.05, 4.69) is 5.32 Å². The van der Waals surface area contributed by atoms with E-state index in [1.54, 1.807) is 7.11 Å². The molecule has 0 aromatic heterocycles. The van der Waals surface area contributed by atoms with Gasteiger partial charge in [-0.2, -0.15) is 0 Å². The number of anilines is 1. The van der Waals surface area contributed by atoms with Crippen LogP contribution in [0.25, 0.3) is 0 Å². The van der Waals surface area contributed by atoms with E-state index in [1.807, 2.05) is 6.07 Å². The highest BCUT2D eigenvalue weighted by Gasteiger charge is 2.49. The number of carbonyl (C=O) groups excluding carboxylic acids is 1. The molecule has 1 saturated carbocycles. The molecular formula is C11H11NO3. The van der Waals surface area contributed by atoms with Crippen LogP contribution < -0.4 is 10.1 Å². The Balaban J connectivity index is 2.15. The van der Waals surface area contributed by atoms with E-state index in [0.717, 1.165) is 12.0 Å². The van der Waals surface area contributed by atoms with Crippen LogP contribution in [0.3, 0.4) is 0 Å². The summed E-state index contributed by atoms with van der Waals surface area (Å²) in [4.78, 5) is 11.5.